The third-order valence-electron chi connectivity index (χ3n) is 5.36. The average Bonchev–Trinajstić information content (AvgIpc) is 3.04. The molecule has 2 N–H and O–H groups in total. The molecular formula is C26H22ClN3O3. The van der Waals surface area contributed by atoms with Gasteiger partial charge in [0.25, 0.3) is 17.7 Å². The van der Waals surface area contributed by atoms with E-state index in [4.69, 9.17) is 11.6 Å². The van der Waals surface area contributed by atoms with Gasteiger partial charge in [0, 0.05) is 16.9 Å². The van der Waals surface area contributed by atoms with Crippen molar-refractivity contribution >= 4 is 40.7 Å². The van der Waals surface area contributed by atoms with Crippen LogP contribution in [-0.2, 0) is 22.6 Å². The smallest absolute Gasteiger partial charge is 0.279 e. The number of carbonyl (C=O) groups is 3. The first-order chi connectivity index (χ1) is 16.0. The number of anilines is 2. The van der Waals surface area contributed by atoms with Crippen molar-refractivity contribution in [2.45, 2.75) is 19.9 Å². The molecule has 1 heterocycles. The molecule has 0 saturated heterocycles. The molecule has 0 radical (unpaired) electrons. The number of hydrogen-bond acceptors (Lipinski definition) is 4. The highest BCUT2D eigenvalue weighted by atomic mass is 35.5. The zero-order valence-corrected chi connectivity index (χ0v) is 18.7. The third-order valence-corrected chi connectivity index (χ3v) is 5.71. The molecule has 0 atom stereocenters. The van der Waals surface area contributed by atoms with E-state index < -0.39 is 11.8 Å². The number of halogens is 1. The summed E-state index contributed by atoms with van der Waals surface area (Å²) in [7, 11) is 0. The van der Waals surface area contributed by atoms with E-state index >= 15 is 0 Å². The van der Waals surface area contributed by atoms with Crippen LogP contribution in [0.5, 0.6) is 0 Å². The minimum absolute atomic E-state index is 0.0201. The van der Waals surface area contributed by atoms with E-state index in [0.717, 1.165) is 28.1 Å². The number of hydrogen-bond donors (Lipinski definition) is 2. The minimum atomic E-state index is -0.543. The summed E-state index contributed by atoms with van der Waals surface area (Å²) in [6, 6.07) is 23.5. The van der Waals surface area contributed by atoms with E-state index in [1.807, 2.05) is 61.5 Å². The SMILES string of the molecule is CCc1ccccc1NC(=O)c1ccc(NC2=C(Cl)C(=O)N(Cc3ccccc3)C2=O)cc1. The van der Waals surface area contributed by atoms with Gasteiger partial charge in [-0.25, -0.2) is 0 Å². The monoisotopic (exact) mass is 459 g/mol. The Bertz CT molecular complexity index is 1240. The molecule has 33 heavy (non-hydrogen) atoms. The maximum atomic E-state index is 12.8. The van der Waals surface area contributed by atoms with E-state index in [1.165, 1.54) is 0 Å². The molecule has 7 heteroatoms. The molecule has 166 valence electrons. The minimum Gasteiger partial charge on any atom is -0.350 e. The van der Waals surface area contributed by atoms with Crippen molar-refractivity contribution < 1.29 is 14.4 Å². The van der Waals surface area contributed by atoms with E-state index in [9.17, 15) is 14.4 Å². The van der Waals surface area contributed by atoms with Crippen molar-refractivity contribution in [3.05, 3.63) is 106 Å². The Balaban J connectivity index is 1.44. The summed E-state index contributed by atoms with van der Waals surface area (Å²) in [5.41, 5.74) is 3.67. The van der Waals surface area contributed by atoms with Crippen LogP contribution in [0.1, 0.15) is 28.4 Å². The molecule has 0 spiro atoms. The third kappa shape index (κ3) is 4.81. The van der Waals surface area contributed by atoms with E-state index in [2.05, 4.69) is 10.6 Å². The summed E-state index contributed by atoms with van der Waals surface area (Å²) >= 11 is 6.18. The predicted molar refractivity (Wildman–Crippen MR) is 129 cm³/mol. The van der Waals surface area contributed by atoms with Gasteiger partial charge in [0.15, 0.2) is 0 Å². The van der Waals surface area contributed by atoms with Crippen molar-refractivity contribution in [2.24, 2.45) is 0 Å². The van der Waals surface area contributed by atoms with Crippen LogP contribution in [0.15, 0.2) is 89.6 Å². The Morgan fingerprint density at radius 2 is 1.55 bits per heavy atom. The van der Waals surface area contributed by atoms with Gasteiger partial charge in [-0.2, -0.15) is 0 Å². The predicted octanol–water partition coefficient (Wildman–Crippen LogP) is 4.93. The lowest BCUT2D eigenvalue weighted by Gasteiger charge is -2.15. The highest BCUT2D eigenvalue weighted by molar-refractivity contribution is 6.48. The molecule has 0 aromatic heterocycles. The number of carbonyl (C=O) groups excluding carboxylic acids is 3. The first kappa shape index (κ1) is 22.3. The molecule has 1 aliphatic rings. The number of aryl methyl sites for hydroxylation is 1. The quantitative estimate of drug-likeness (QED) is 0.491. The van der Waals surface area contributed by atoms with Crippen LogP contribution >= 0.6 is 11.6 Å². The fourth-order valence-electron chi connectivity index (χ4n) is 3.56. The largest absolute Gasteiger partial charge is 0.350 e. The Hall–Kier alpha value is -3.90. The molecular weight excluding hydrogens is 438 g/mol. The Kier molecular flexibility index (Phi) is 6.56. The van der Waals surface area contributed by atoms with Crippen molar-refractivity contribution in [1.82, 2.24) is 4.90 Å². The standard InChI is InChI=1S/C26H22ClN3O3/c1-2-18-10-6-7-11-21(18)29-24(31)19-12-14-20(15-13-19)28-23-22(27)25(32)30(26(23)33)16-17-8-4-3-5-9-17/h3-15,28H,2,16H2,1H3,(H,29,31). The fraction of sp³-hybridized carbons (Fsp3) is 0.115. The summed E-state index contributed by atoms with van der Waals surface area (Å²) in [6.45, 7) is 2.17. The van der Waals surface area contributed by atoms with Gasteiger partial charge < -0.3 is 10.6 Å². The van der Waals surface area contributed by atoms with Crippen molar-refractivity contribution in [2.75, 3.05) is 10.6 Å². The summed E-state index contributed by atoms with van der Waals surface area (Å²) < 4.78 is 0. The van der Waals surface area contributed by atoms with Crippen molar-refractivity contribution in [3.8, 4) is 0 Å². The Labute approximate surface area is 196 Å². The number of benzene rings is 3. The van der Waals surface area contributed by atoms with Crippen LogP contribution in [0.25, 0.3) is 0 Å². The van der Waals surface area contributed by atoms with Gasteiger partial charge >= 0.3 is 0 Å². The number of nitrogens with zero attached hydrogens (tertiary/aromatic N) is 1. The molecule has 0 unspecified atom stereocenters. The molecule has 0 bridgehead atoms. The summed E-state index contributed by atoms with van der Waals surface area (Å²) in [4.78, 5) is 39.1. The zero-order chi connectivity index (χ0) is 23.4. The molecule has 0 aliphatic carbocycles. The summed E-state index contributed by atoms with van der Waals surface area (Å²) in [5, 5.41) is 5.69. The second kappa shape index (κ2) is 9.71. The van der Waals surface area contributed by atoms with Gasteiger partial charge in [-0.1, -0.05) is 67.1 Å². The Morgan fingerprint density at radius 3 is 2.24 bits per heavy atom. The maximum Gasteiger partial charge on any atom is 0.279 e. The summed E-state index contributed by atoms with van der Waals surface area (Å²) in [6.07, 6.45) is 0.809. The molecule has 1 aliphatic heterocycles. The fourth-order valence-corrected chi connectivity index (χ4v) is 3.79. The van der Waals surface area contributed by atoms with Crippen LogP contribution in [0.3, 0.4) is 0 Å². The van der Waals surface area contributed by atoms with Gasteiger partial charge in [-0.05, 0) is 47.9 Å². The lowest BCUT2D eigenvalue weighted by atomic mass is 10.1. The molecule has 6 nitrogen and oxygen atoms in total. The van der Waals surface area contributed by atoms with Gasteiger partial charge in [0.05, 0.1) is 6.54 Å². The average molecular weight is 460 g/mol. The number of amides is 3. The lowest BCUT2D eigenvalue weighted by molar-refractivity contribution is -0.138. The number of para-hydroxylation sites is 1. The molecule has 3 aromatic rings. The van der Waals surface area contributed by atoms with Crippen LogP contribution in [0.4, 0.5) is 11.4 Å². The van der Waals surface area contributed by atoms with Crippen molar-refractivity contribution in [3.63, 3.8) is 0 Å². The molecule has 3 amide bonds. The van der Waals surface area contributed by atoms with Gasteiger partial charge in [0.1, 0.15) is 10.7 Å². The second-order valence-electron chi connectivity index (χ2n) is 7.54. The van der Waals surface area contributed by atoms with E-state index in [-0.39, 0.29) is 23.2 Å². The highest BCUT2D eigenvalue weighted by Gasteiger charge is 2.37. The van der Waals surface area contributed by atoms with Crippen LogP contribution in [-0.4, -0.2) is 22.6 Å². The van der Waals surface area contributed by atoms with Gasteiger partial charge in [-0.15, -0.1) is 0 Å². The maximum absolute atomic E-state index is 12.8. The number of rotatable bonds is 7. The first-order valence-electron chi connectivity index (χ1n) is 10.5. The van der Waals surface area contributed by atoms with Gasteiger partial charge in [-0.3, -0.25) is 19.3 Å². The van der Waals surface area contributed by atoms with Crippen LogP contribution in [0.2, 0.25) is 0 Å². The second-order valence-corrected chi connectivity index (χ2v) is 7.92. The van der Waals surface area contributed by atoms with Gasteiger partial charge in [0.2, 0.25) is 0 Å². The normalized spacial score (nSPS) is 13.5. The molecule has 0 fully saturated rings. The highest BCUT2D eigenvalue weighted by Crippen LogP contribution is 2.27. The first-order valence-corrected chi connectivity index (χ1v) is 10.9. The van der Waals surface area contributed by atoms with Crippen molar-refractivity contribution in [1.29, 1.82) is 0 Å². The number of imide groups is 1. The van der Waals surface area contributed by atoms with Crippen LogP contribution in [0, 0.1) is 0 Å². The summed E-state index contributed by atoms with van der Waals surface area (Å²) in [5.74, 6) is -1.27. The molecule has 3 aromatic carbocycles. The topological polar surface area (TPSA) is 78.5 Å². The number of nitrogens with one attached hydrogen (secondary N) is 2. The lowest BCUT2D eigenvalue weighted by Crippen LogP contribution is -2.31. The zero-order valence-electron chi connectivity index (χ0n) is 18.0. The molecule has 0 saturated carbocycles. The molecule has 4 rings (SSSR count). The Morgan fingerprint density at radius 1 is 0.879 bits per heavy atom. The van der Waals surface area contributed by atoms with Crippen LogP contribution < -0.4 is 10.6 Å². The van der Waals surface area contributed by atoms with E-state index in [0.29, 0.717) is 11.3 Å². The van der Waals surface area contributed by atoms with E-state index in [1.54, 1.807) is 24.3 Å².